The second kappa shape index (κ2) is 9.35. The molecule has 4 rings (SSSR count). The fraction of sp³-hybridized carbons (Fsp3) is 0.130. The number of rotatable bonds is 8. The van der Waals surface area contributed by atoms with Crippen molar-refractivity contribution < 1.29 is 23.3 Å². The Bertz CT molecular complexity index is 1300. The maximum Gasteiger partial charge on any atom is 0.311 e. The lowest BCUT2D eigenvalue weighted by molar-refractivity contribution is -0.386. The van der Waals surface area contributed by atoms with Crippen LogP contribution < -0.4 is 10.1 Å². The van der Waals surface area contributed by atoms with Crippen LogP contribution in [0.5, 0.6) is 5.75 Å². The summed E-state index contributed by atoms with van der Waals surface area (Å²) in [5.41, 5.74) is 1.46. The highest BCUT2D eigenvalue weighted by molar-refractivity contribution is 6.01. The van der Waals surface area contributed by atoms with E-state index in [9.17, 15) is 19.3 Å². The van der Waals surface area contributed by atoms with Crippen molar-refractivity contribution in [2.45, 2.75) is 20.1 Å². The fourth-order valence-corrected chi connectivity index (χ4v) is 3.09. The van der Waals surface area contributed by atoms with Crippen LogP contribution in [0.4, 0.5) is 15.9 Å². The topological polar surface area (TPSA) is 112 Å². The number of halogens is 1. The largest absolute Gasteiger partial charge is 0.479 e. The van der Waals surface area contributed by atoms with E-state index < -0.39 is 10.8 Å². The first-order valence-electron chi connectivity index (χ1n) is 9.93. The molecule has 0 aliphatic heterocycles. The van der Waals surface area contributed by atoms with Crippen LogP contribution in [0.2, 0.25) is 0 Å². The number of carbonyl (C=O) groups is 1. The number of anilines is 1. The third-order valence-electron chi connectivity index (χ3n) is 4.71. The monoisotopic (exact) mass is 450 g/mol. The molecule has 33 heavy (non-hydrogen) atoms. The molecule has 0 saturated carbocycles. The number of nitrogens with zero attached hydrogens (tertiary/aromatic N) is 3. The lowest BCUT2D eigenvalue weighted by Gasteiger charge is -2.06. The van der Waals surface area contributed by atoms with Crippen LogP contribution in [0.1, 0.15) is 27.4 Å². The van der Waals surface area contributed by atoms with E-state index in [1.54, 1.807) is 48.1 Å². The van der Waals surface area contributed by atoms with Gasteiger partial charge in [0.25, 0.3) is 5.91 Å². The molecule has 1 N–H and O–H groups in total. The van der Waals surface area contributed by atoms with E-state index >= 15 is 0 Å². The van der Waals surface area contributed by atoms with Gasteiger partial charge < -0.3 is 14.5 Å². The average molecular weight is 450 g/mol. The molecule has 0 unspecified atom stereocenters. The van der Waals surface area contributed by atoms with Gasteiger partial charge in [-0.05, 0) is 48.4 Å². The first-order valence-corrected chi connectivity index (χ1v) is 9.93. The number of ether oxygens (including phenoxy) is 1. The predicted molar refractivity (Wildman–Crippen MR) is 117 cm³/mol. The lowest BCUT2D eigenvalue weighted by atomic mass is 10.2. The Morgan fingerprint density at radius 2 is 1.97 bits per heavy atom. The molecular weight excluding hydrogens is 431 g/mol. The average Bonchev–Trinajstić information content (AvgIpc) is 3.44. The van der Waals surface area contributed by atoms with Crippen LogP contribution >= 0.6 is 0 Å². The number of hydrogen-bond acceptors (Lipinski definition) is 6. The number of nitrogens with one attached hydrogen (secondary N) is 1. The van der Waals surface area contributed by atoms with Crippen molar-refractivity contribution in [1.29, 1.82) is 0 Å². The number of furan rings is 1. The molecule has 0 aliphatic rings. The number of nitro groups is 1. The van der Waals surface area contributed by atoms with Crippen LogP contribution in [0, 0.1) is 22.9 Å². The molecular formula is C23H19FN4O5. The number of aryl methyl sites for hydroxylation is 1. The summed E-state index contributed by atoms with van der Waals surface area (Å²) in [4.78, 5) is 23.1. The maximum absolute atomic E-state index is 13.0. The van der Waals surface area contributed by atoms with Crippen molar-refractivity contribution in [1.82, 2.24) is 9.78 Å². The Morgan fingerprint density at radius 3 is 2.73 bits per heavy atom. The molecule has 2 heterocycles. The first kappa shape index (κ1) is 21.8. The van der Waals surface area contributed by atoms with Crippen molar-refractivity contribution in [2.24, 2.45) is 0 Å². The highest BCUT2D eigenvalue weighted by Crippen LogP contribution is 2.28. The van der Waals surface area contributed by atoms with Gasteiger partial charge >= 0.3 is 5.69 Å². The fourth-order valence-electron chi connectivity index (χ4n) is 3.09. The van der Waals surface area contributed by atoms with E-state index in [1.807, 2.05) is 0 Å². The normalized spacial score (nSPS) is 10.7. The van der Waals surface area contributed by atoms with Crippen LogP contribution in [0.25, 0.3) is 0 Å². The number of carbonyl (C=O) groups excluding carboxylic acids is 1. The van der Waals surface area contributed by atoms with Gasteiger partial charge in [0.15, 0.2) is 17.3 Å². The van der Waals surface area contributed by atoms with E-state index in [0.717, 1.165) is 11.1 Å². The second-order valence-electron chi connectivity index (χ2n) is 7.26. The van der Waals surface area contributed by atoms with Crippen LogP contribution in [-0.4, -0.2) is 20.6 Å². The van der Waals surface area contributed by atoms with Crippen molar-refractivity contribution in [3.05, 3.63) is 105 Å². The molecule has 10 heteroatoms. The number of amides is 1. The highest BCUT2D eigenvalue weighted by Gasteiger charge is 2.17. The Morgan fingerprint density at radius 1 is 1.18 bits per heavy atom. The zero-order chi connectivity index (χ0) is 23.4. The first-order chi connectivity index (χ1) is 15.9. The van der Waals surface area contributed by atoms with Gasteiger partial charge in [0, 0.05) is 18.3 Å². The highest BCUT2D eigenvalue weighted by atomic mass is 19.1. The van der Waals surface area contributed by atoms with E-state index in [4.69, 9.17) is 9.15 Å². The molecule has 0 saturated heterocycles. The summed E-state index contributed by atoms with van der Waals surface area (Å²) in [6, 6.07) is 15.4. The SMILES string of the molecule is Cc1ccc(OCc2ccc(C(=O)Nc3ccn(Cc4ccc(F)cc4)n3)o2)c([N+](=O)[O-])c1. The third-order valence-corrected chi connectivity index (χ3v) is 4.71. The Balaban J connectivity index is 1.35. The molecule has 9 nitrogen and oxygen atoms in total. The standard InChI is InChI=1S/C23H19FN4O5/c1-15-2-8-20(19(12-15)28(30)31)32-14-18-7-9-21(33-18)23(29)25-22-10-11-27(26-22)13-16-3-5-17(24)6-4-16/h2-12H,13-14H2,1H3,(H,25,26,29). The van der Waals surface area contributed by atoms with Crippen molar-refractivity contribution in [3.63, 3.8) is 0 Å². The molecule has 168 valence electrons. The van der Waals surface area contributed by atoms with Gasteiger partial charge in [0.05, 0.1) is 11.5 Å². The smallest absolute Gasteiger partial charge is 0.311 e. The lowest BCUT2D eigenvalue weighted by Crippen LogP contribution is -2.12. The van der Waals surface area contributed by atoms with Gasteiger partial charge in [-0.15, -0.1) is 0 Å². The van der Waals surface area contributed by atoms with Gasteiger partial charge in [-0.3, -0.25) is 19.6 Å². The minimum atomic E-state index is -0.515. The molecule has 1 amide bonds. The van der Waals surface area contributed by atoms with Crippen LogP contribution in [0.15, 0.2) is 71.3 Å². The van der Waals surface area contributed by atoms with E-state index in [2.05, 4.69) is 10.4 Å². The summed E-state index contributed by atoms with van der Waals surface area (Å²) in [5.74, 6) is -0.00897. The molecule has 0 bridgehead atoms. The summed E-state index contributed by atoms with van der Waals surface area (Å²) >= 11 is 0. The van der Waals surface area contributed by atoms with Gasteiger partial charge in [-0.25, -0.2) is 4.39 Å². The molecule has 0 fully saturated rings. The third kappa shape index (κ3) is 5.42. The Hall–Kier alpha value is -4.47. The number of nitro benzene ring substituents is 1. The van der Waals surface area contributed by atoms with Gasteiger partial charge in [0.1, 0.15) is 18.2 Å². The summed E-state index contributed by atoms with van der Waals surface area (Å²) in [5, 5.41) is 18.1. The number of hydrogen-bond donors (Lipinski definition) is 1. The van der Waals surface area contributed by atoms with Gasteiger partial charge in [-0.2, -0.15) is 5.10 Å². The van der Waals surface area contributed by atoms with Crippen molar-refractivity contribution >= 4 is 17.4 Å². The molecule has 4 aromatic rings. The van der Waals surface area contributed by atoms with E-state index in [-0.39, 0.29) is 29.6 Å². The number of aromatic nitrogens is 2. The van der Waals surface area contributed by atoms with Gasteiger partial charge in [0.2, 0.25) is 0 Å². The van der Waals surface area contributed by atoms with Crippen molar-refractivity contribution in [3.8, 4) is 5.75 Å². The molecule has 0 spiro atoms. The second-order valence-corrected chi connectivity index (χ2v) is 7.26. The zero-order valence-electron chi connectivity index (χ0n) is 17.5. The molecule has 0 radical (unpaired) electrons. The maximum atomic E-state index is 13.0. The Kier molecular flexibility index (Phi) is 6.16. The zero-order valence-corrected chi connectivity index (χ0v) is 17.5. The quantitative estimate of drug-likeness (QED) is 0.307. The van der Waals surface area contributed by atoms with Crippen LogP contribution in [0.3, 0.4) is 0 Å². The molecule has 0 aliphatic carbocycles. The molecule has 2 aromatic carbocycles. The number of benzene rings is 2. The minimum absolute atomic E-state index is 0.0418. The summed E-state index contributed by atoms with van der Waals surface area (Å²) in [6.07, 6.45) is 1.69. The molecule has 0 atom stereocenters. The summed E-state index contributed by atoms with van der Waals surface area (Å²) in [6.45, 7) is 2.09. The van der Waals surface area contributed by atoms with Gasteiger partial charge in [-0.1, -0.05) is 18.2 Å². The predicted octanol–water partition coefficient (Wildman–Crippen LogP) is 4.71. The van der Waals surface area contributed by atoms with E-state index in [0.29, 0.717) is 18.1 Å². The van der Waals surface area contributed by atoms with Crippen molar-refractivity contribution in [2.75, 3.05) is 5.32 Å². The Labute approximate surface area is 187 Å². The summed E-state index contributed by atoms with van der Waals surface area (Å²) < 4.78 is 25.6. The van der Waals surface area contributed by atoms with Crippen LogP contribution in [-0.2, 0) is 13.2 Å². The minimum Gasteiger partial charge on any atom is -0.479 e. The molecule has 2 aromatic heterocycles. The summed E-state index contributed by atoms with van der Waals surface area (Å²) in [7, 11) is 0. The van der Waals surface area contributed by atoms with E-state index in [1.165, 1.54) is 30.3 Å².